The maximum atomic E-state index is 4.45. The van der Waals surface area contributed by atoms with Crippen molar-refractivity contribution in [1.29, 1.82) is 0 Å². The summed E-state index contributed by atoms with van der Waals surface area (Å²) >= 11 is 0. The molecule has 0 bridgehead atoms. The van der Waals surface area contributed by atoms with E-state index >= 15 is 0 Å². The molecule has 2 N–H and O–H groups in total. The van der Waals surface area contributed by atoms with Crippen LogP contribution in [0.5, 0.6) is 0 Å². The zero-order chi connectivity index (χ0) is 8.67. The first-order valence-electron chi connectivity index (χ1n) is 5.22. The number of aromatic nitrogens is 2. The molecule has 0 saturated heterocycles. The molecule has 1 aromatic rings. The molecule has 3 nitrogen and oxygen atoms in total. The average Bonchev–Trinajstić information content (AvgIpc) is 2.94. The molecule has 0 aromatic carbocycles. The van der Waals surface area contributed by atoms with Gasteiger partial charge in [-0.15, -0.1) is 24.8 Å². The fourth-order valence-electron chi connectivity index (χ4n) is 2.15. The number of hydrogen-bond acceptors (Lipinski definition) is 2. The Morgan fingerprint density at radius 3 is 2.53 bits per heavy atom. The number of fused-ring (bicyclic) bond motifs is 1. The first-order valence-corrected chi connectivity index (χ1v) is 5.22. The predicted molar refractivity (Wildman–Crippen MR) is 65.3 cm³/mol. The van der Waals surface area contributed by atoms with Gasteiger partial charge in [-0.25, -0.2) is 0 Å². The maximum Gasteiger partial charge on any atom is 0.0688 e. The standard InChI is InChI=1S/C10H15N3.2ClH/c1-2-7(1)10-8-3-5-11-6-4-9(8)12-13-10;;/h7,11H,1-6H2,(H,12,13);2*1H. The minimum atomic E-state index is 0. The fraction of sp³-hybridized carbons (Fsp3) is 0.700. The van der Waals surface area contributed by atoms with Crippen LogP contribution in [0.3, 0.4) is 0 Å². The van der Waals surface area contributed by atoms with Crippen molar-refractivity contribution in [2.75, 3.05) is 13.1 Å². The molecule has 1 aromatic heterocycles. The van der Waals surface area contributed by atoms with Crippen LogP contribution in [0.15, 0.2) is 0 Å². The summed E-state index contributed by atoms with van der Waals surface area (Å²) in [6.07, 6.45) is 4.99. The molecule has 2 heterocycles. The topological polar surface area (TPSA) is 40.7 Å². The van der Waals surface area contributed by atoms with E-state index in [-0.39, 0.29) is 24.8 Å². The number of aromatic amines is 1. The second kappa shape index (κ2) is 5.19. The summed E-state index contributed by atoms with van der Waals surface area (Å²) in [4.78, 5) is 0. The second-order valence-electron chi connectivity index (χ2n) is 4.09. The van der Waals surface area contributed by atoms with Crippen molar-refractivity contribution in [2.45, 2.75) is 31.6 Å². The van der Waals surface area contributed by atoms with E-state index in [1.165, 1.54) is 29.8 Å². The lowest BCUT2D eigenvalue weighted by atomic mass is 10.1. The maximum absolute atomic E-state index is 4.45. The van der Waals surface area contributed by atoms with Gasteiger partial charge in [0.1, 0.15) is 0 Å². The number of H-pyrrole nitrogens is 1. The van der Waals surface area contributed by atoms with E-state index in [1.54, 1.807) is 0 Å². The van der Waals surface area contributed by atoms with E-state index in [2.05, 4.69) is 15.5 Å². The molecule has 0 atom stereocenters. The number of hydrogen-bond donors (Lipinski definition) is 2. The van der Waals surface area contributed by atoms with Crippen molar-refractivity contribution in [3.05, 3.63) is 17.0 Å². The van der Waals surface area contributed by atoms with Crippen LogP contribution in [-0.4, -0.2) is 23.3 Å². The van der Waals surface area contributed by atoms with Crippen LogP contribution in [0.25, 0.3) is 0 Å². The summed E-state index contributed by atoms with van der Waals surface area (Å²) < 4.78 is 0. The van der Waals surface area contributed by atoms with E-state index in [0.29, 0.717) is 0 Å². The van der Waals surface area contributed by atoms with Crippen LogP contribution in [-0.2, 0) is 12.8 Å². The highest BCUT2D eigenvalue weighted by Crippen LogP contribution is 2.41. The zero-order valence-corrected chi connectivity index (χ0v) is 10.2. The Morgan fingerprint density at radius 2 is 1.80 bits per heavy atom. The predicted octanol–water partition coefficient (Wildman–Crippen LogP) is 1.82. The Kier molecular flexibility index (Phi) is 4.44. The highest BCUT2D eigenvalue weighted by atomic mass is 35.5. The third kappa shape index (κ3) is 2.47. The quantitative estimate of drug-likeness (QED) is 0.798. The molecule has 5 heteroatoms. The summed E-state index contributed by atoms with van der Waals surface area (Å²) in [5, 5.41) is 11.1. The van der Waals surface area contributed by atoms with Gasteiger partial charge in [-0.1, -0.05) is 0 Å². The monoisotopic (exact) mass is 249 g/mol. The van der Waals surface area contributed by atoms with Crippen LogP contribution in [0.2, 0.25) is 0 Å². The minimum Gasteiger partial charge on any atom is -0.316 e. The molecule has 3 rings (SSSR count). The summed E-state index contributed by atoms with van der Waals surface area (Å²) in [6, 6.07) is 0. The molecule has 0 unspecified atom stereocenters. The van der Waals surface area contributed by atoms with Gasteiger partial charge in [-0.05, 0) is 31.4 Å². The summed E-state index contributed by atoms with van der Waals surface area (Å²) in [5.74, 6) is 0.790. The van der Waals surface area contributed by atoms with Crippen LogP contribution in [0, 0.1) is 0 Å². The van der Waals surface area contributed by atoms with Crippen LogP contribution >= 0.6 is 24.8 Å². The molecule has 1 fully saturated rings. The summed E-state index contributed by atoms with van der Waals surface area (Å²) in [7, 11) is 0. The highest BCUT2D eigenvalue weighted by Gasteiger charge is 2.30. The van der Waals surface area contributed by atoms with Gasteiger partial charge in [-0.2, -0.15) is 5.10 Å². The third-order valence-electron chi connectivity index (χ3n) is 3.05. The number of rotatable bonds is 1. The van der Waals surface area contributed by atoms with Gasteiger partial charge in [0.2, 0.25) is 0 Å². The molecule has 1 saturated carbocycles. The van der Waals surface area contributed by atoms with Crippen molar-refractivity contribution in [3.63, 3.8) is 0 Å². The van der Waals surface area contributed by atoms with Gasteiger partial charge in [-0.3, -0.25) is 5.10 Å². The van der Waals surface area contributed by atoms with Gasteiger partial charge in [0.25, 0.3) is 0 Å². The molecule has 86 valence electrons. The third-order valence-corrected chi connectivity index (χ3v) is 3.05. The van der Waals surface area contributed by atoms with E-state index in [4.69, 9.17) is 0 Å². The first-order chi connectivity index (χ1) is 6.45. The Labute approximate surface area is 102 Å². The van der Waals surface area contributed by atoms with Crippen molar-refractivity contribution in [3.8, 4) is 0 Å². The van der Waals surface area contributed by atoms with Gasteiger partial charge in [0.15, 0.2) is 0 Å². The Bertz CT molecular complexity index is 320. The molecular formula is C10H17Cl2N3. The van der Waals surface area contributed by atoms with E-state index in [0.717, 1.165) is 31.8 Å². The molecule has 0 spiro atoms. The van der Waals surface area contributed by atoms with E-state index in [1.807, 2.05) is 0 Å². The fourth-order valence-corrected chi connectivity index (χ4v) is 2.15. The van der Waals surface area contributed by atoms with Crippen LogP contribution in [0.1, 0.15) is 35.7 Å². The lowest BCUT2D eigenvalue weighted by Crippen LogP contribution is -2.16. The molecule has 0 radical (unpaired) electrons. The zero-order valence-electron chi connectivity index (χ0n) is 8.58. The molecule has 15 heavy (non-hydrogen) atoms. The first kappa shape index (κ1) is 12.8. The summed E-state index contributed by atoms with van der Waals surface area (Å²) in [5.41, 5.74) is 4.28. The van der Waals surface area contributed by atoms with Gasteiger partial charge in [0, 0.05) is 24.6 Å². The van der Waals surface area contributed by atoms with E-state index in [9.17, 15) is 0 Å². The number of halogens is 2. The van der Waals surface area contributed by atoms with Crippen molar-refractivity contribution in [2.24, 2.45) is 0 Å². The normalized spacial score (nSPS) is 19.5. The van der Waals surface area contributed by atoms with E-state index < -0.39 is 0 Å². The molecule has 2 aliphatic rings. The number of nitrogens with one attached hydrogen (secondary N) is 2. The largest absolute Gasteiger partial charge is 0.316 e. The minimum absolute atomic E-state index is 0. The van der Waals surface area contributed by atoms with Crippen LogP contribution in [0.4, 0.5) is 0 Å². The Morgan fingerprint density at radius 1 is 1.07 bits per heavy atom. The van der Waals surface area contributed by atoms with Crippen LogP contribution < -0.4 is 5.32 Å². The Balaban J connectivity index is 0.000000562. The smallest absolute Gasteiger partial charge is 0.0688 e. The molecule has 1 aliphatic carbocycles. The lowest BCUT2D eigenvalue weighted by molar-refractivity contribution is 0.699. The number of nitrogens with zero attached hydrogens (tertiary/aromatic N) is 1. The van der Waals surface area contributed by atoms with Gasteiger partial charge in [0.05, 0.1) is 5.69 Å². The van der Waals surface area contributed by atoms with Crippen molar-refractivity contribution in [1.82, 2.24) is 15.5 Å². The second-order valence-corrected chi connectivity index (χ2v) is 4.09. The van der Waals surface area contributed by atoms with Crippen molar-refractivity contribution >= 4 is 24.8 Å². The molecular weight excluding hydrogens is 233 g/mol. The van der Waals surface area contributed by atoms with Crippen molar-refractivity contribution < 1.29 is 0 Å². The van der Waals surface area contributed by atoms with Gasteiger partial charge < -0.3 is 5.32 Å². The van der Waals surface area contributed by atoms with Gasteiger partial charge >= 0.3 is 0 Å². The highest BCUT2D eigenvalue weighted by molar-refractivity contribution is 5.85. The molecule has 0 amide bonds. The summed E-state index contributed by atoms with van der Waals surface area (Å²) in [6.45, 7) is 2.21. The molecule has 1 aliphatic heterocycles. The Hall–Kier alpha value is -0.250. The average molecular weight is 250 g/mol. The SMILES string of the molecule is C1Cc2[nH]nc(C3CC3)c2CCN1.Cl.Cl. The lowest BCUT2D eigenvalue weighted by Gasteiger charge is -1.98.